The fourth-order valence-electron chi connectivity index (χ4n) is 13.4. The fraction of sp³-hybridized carbons (Fsp3) is 0.448. The van der Waals surface area contributed by atoms with Gasteiger partial charge in [-0.1, -0.05) is 75.6 Å². The number of anilines is 1. The quantitative estimate of drug-likeness (QED) is 0.00203. The maximum absolute atomic E-state index is 14.5. The van der Waals surface area contributed by atoms with Gasteiger partial charge in [0.25, 0.3) is 20.2 Å². The Hall–Kier alpha value is -7.75. The molecular formula is C87H115Cl2F4N12NaO18S5. The van der Waals surface area contributed by atoms with E-state index in [-0.39, 0.29) is 78.5 Å². The number of carbonyl (C=O) groups excluding carboxylic acids is 1. The molecule has 4 aliphatic carbocycles. The molecule has 11 N–H and O–H groups in total. The average Bonchev–Trinajstić information content (AvgIpc) is 1.59. The van der Waals surface area contributed by atoms with Crippen LogP contribution in [0.3, 0.4) is 0 Å². The molecule has 0 bridgehead atoms. The molecule has 12 rings (SSSR count). The first-order valence-corrected chi connectivity index (χ1v) is 48.5. The predicted octanol–water partition coefficient (Wildman–Crippen LogP) is 13.1. The van der Waals surface area contributed by atoms with Gasteiger partial charge in [-0.05, 0) is 258 Å². The topological polar surface area (TPSA) is 469 Å². The number of pyridine rings is 4. The number of nitrogens with one attached hydrogen (secondary N) is 6. The molecule has 30 nitrogen and oxygen atoms in total. The second-order valence-electron chi connectivity index (χ2n) is 32.9. The van der Waals surface area contributed by atoms with E-state index in [1.165, 1.54) is 69.9 Å². The van der Waals surface area contributed by atoms with Crippen molar-refractivity contribution in [1.29, 1.82) is 16.2 Å². The van der Waals surface area contributed by atoms with Crippen molar-refractivity contribution >= 4 is 107 Å². The van der Waals surface area contributed by atoms with Gasteiger partial charge >= 0.3 is 35.0 Å². The third-order valence-corrected chi connectivity index (χ3v) is 26.9. The average molecular weight is 1950 g/mol. The van der Waals surface area contributed by atoms with Crippen molar-refractivity contribution in [2.45, 2.75) is 196 Å². The number of nitrogen functional groups attached to an aromatic ring is 1. The molecule has 4 aliphatic rings. The Morgan fingerprint density at radius 3 is 1.02 bits per heavy atom. The molecule has 0 saturated heterocycles. The molecule has 8 aromatic rings. The summed E-state index contributed by atoms with van der Waals surface area (Å²) in [5.74, 6) is 0.908. The van der Waals surface area contributed by atoms with Crippen LogP contribution in [0.25, 0.3) is 0 Å². The van der Waals surface area contributed by atoms with Gasteiger partial charge in [0, 0.05) is 77.9 Å². The van der Waals surface area contributed by atoms with Gasteiger partial charge in [-0.2, -0.15) is 31.5 Å². The first-order valence-electron chi connectivity index (χ1n) is 40.3. The van der Waals surface area contributed by atoms with Crippen molar-refractivity contribution in [2.75, 3.05) is 31.6 Å². The summed E-state index contributed by atoms with van der Waals surface area (Å²) < 4.78 is 164. The zero-order chi connectivity index (χ0) is 92.7. The third-order valence-electron chi connectivity index (χ3n) is 20.8. The van der Waals surface area contributed by atoms with Crippen LogP contribution in [0, 0.1) is 63.2 Å². The van der Waals surface area contributed by atoms with Crippen LogP contribution in [0.5, 0.6) is 0 Å². The number of halogens is 6. The summed E-state index contributed by atoms with van der Waals surface area (Å²) in [5, 5.41) is 20.5. The maximum atomic E-state index is 14.5. The van der Waals surface area contributed by atoms with Gasteiger partial charge in [0.15, 0.2) is 0 Å². The Morgan fingerprint density at radius 1 is 0.465 bits per heavy atom. The van der Waals surface area contributed by atoms with Crippen molar-refractivity contribution in [2.24, 2.45) is 29.4 Å². The fourth-order valence-corrected chi connectivity index (χ4v) is 18.1. The van der Waals surface area contributed by atoms with Gasteiger partial charge in [-0.15, -0.1) is 16.0 Å². The molecule has 4 aromatic carbocycles. The van der Waals surface area contributed by atoms with Crippen LogP contribution in [0.4, 0.5) is 28.0 Å². The smallest absolute Gasteiger partial charge is 0.870 e. The summed E-state index contributed by atoms with van der Waals surface area (Å²) in [6, 6.07) is 34.0. The number of aromatic nitrogens is 4. The number of methoxy groups -OCH3 is 1. The van der Waals surface area contributed by atoms with Crippen molar-refractivity contribution in [3.63, 3.8) is 0 Å². The molecule has 0 amide bonds. The normalized spacial score (nSPS) is 15.9. The number of benzene rings is 4. The molecule has 704 valence electrons. The Bertz CT molecular complexity index is 5260. The first-order chi connectivity index (χ1) is 59.4. The van der Waals surface area contributed by atoms with Crippen LogP contribution in [-0.4, -0.2) is 119 Å². The van der Waals surface area contributed by atoms with E-state index in [1.54, 1.807) is 110 Å². The van der Waals surface area contributed by atoms with Gasteiger partial charge in [-0.3, -0.25) is 36.2 Å². The van der Waals surface area contributed by atoms with E-state index in [0.717, 1.165) is 102 Å². The van der Waals surface area contributed by atoms with Gasteiger partial charge < -0.3 is 36.3 Å². The third kappa shape index (κ3) is 37.7. The SMILES string of the molecule is CC(C)(C)[S@@](=O)NC(CCC1CC1)(c1ccncc1)c1ccc(F)c(COOC=N)c1.CC(C)(C)[S@@](=O)NC(CCC1CC1)(c1ccncc1)c1ccc(F)c(N)c1.COC(=O)Cl.CS(=O)(=O)NC(CCC1CC1)(c1ccncc1)c1ccc(F)c(COOC=N)c1.CS(=O)(=O)OS(C)(=O)=O.Cl.N=COOCc1cc(C(N)(CCC2CC2)c2ccncc2)ccc1F.[Na+].[OH-]. The van der Waals surface area contributed by atoms with Gasteiger partial charge in [0.05, 0.1) is 85.2 Å². The second kappa shape index (κ2) is 52.6. The first kappa shape index (κ1) is 114. The molecule has 4 unspecified atom stereocenters. The van der Waals surface area contributed by atoms with E-state index in [1.807, 2.05) is 77.9 Å². The van der Waals surface area contributed by atoms with Crippen molar-refractivity contribution in [3.05, 3.63) is 255 Å². The standard InChI is InChI=1S/C23H30FN3O3S.C21H28FN3OS.C20H24FN3O4S.C19H22FN3O2.C2H3ClO2.C2H6O5S2.ClH.Na.H2O/c1-22(2,3)31(28)27-23(11-8-17-4-5-17,19-9-12-26-13-10-19)20-6-7-21(24)18(14-20)15-29-30-16-25;1-20(2,3)27(26)25-21(11-8-15-4-5-15,16-9-12-24-13-10-16)17-6-7-18(22)19(23)14-17;1-29(25,26)24-20(9-6-15-2-3-15,17-7-10-23-11-8-17)18-4-5-19(21)16(12-18)13-27-28-14-22;20-18-4-3-17(11-15(18)12-24-25-13-21)19(22,8-5-14-1-2-14)16-6-9-23-10-7-16;1-5-2(3)4;1-8(3,4)7-9(2,5)6;;;/h6-7,9-10,12-14,16-17,25,27H,4-5,8,11,15H2,1-3H3;6-7,9-10,12-15,25H,4-5,8,11,23H2,1-3H3;4-5,7-8,10-12,14-15,22,24H,2-3,6,9,13H2,1H3;3-4,6-7,9-11,13-14,21H,1-2,5,8,12,22H2;1H3;1-2H3;1H;;1H2/q;;;;;;;+1;/p-1/t23?,31-;21?,27-;;;;;;;/m11......./s1. The number of hydrogen-bond acceptors (Lipinski definition) is 27. The molecule has 6 atom stereocenters. The Morgan fingerprint density at radius 2 is 0.736 bits per heavy atom. The molecule has 4 saturated carbocycles. The second-order valence-corrected chi connectivity index (χ2v) is 42.3. The summed E-state index contributed by atoms with van der Waals surface area (Å²) in [6.07, 6.45) is 34.2. The van der Waals surface area contributed by atoms with Crippen LogP contribution in [0.2, 0.25) is 0 Å². The van der Waals surface area contributed by atoms with Gasteiger partial charge in [0.1, 0.15) is 43.1 Å². The number of sulfonamides is 1. The van der Waals surface area contributed by atoms with Crippen molar-refractivity contribution < 1.29 is 129 Å². The Balaban J connectivity index is 0.000000340. The predicted molar refractivity (Wildman–Crippen MR) is 484 cm³/mol. The van der Waals surface area contributed by atoms with Crippen LogP contribution < -0.4 is 55.2 Å². The van der Waals surface area contributed by atoms with E-state index < -0.39 is 113 Å². The van der Waals surface area contributed by atoms with Crippen molar-refractivity contribution in [1.82, 2.24) is 34.1 Å². The van der Waals surface area contributed by atoms with Crippen molar-refractivity contribution in [3.8, 4) is 0 Å². The van der Waals surface area contributed by atoms with Crippen LogP contribution in [-0.2, 0) is 132 Å². The summed E-state index contributed by atoms with van der Waals surface area (Å²) >= 11 is 4.60. The molecule has 4 fully saturated rings. The van der Waals surface area contributed by atoms with E-state index in [0.29, 0.717) is 79.0 Å². The molecule has 0 spiro atoms. The van der Waals surface area contributed by atoms with Crippen LogP contribution in [0.15, 0.2) is 171 Å². The minimum Gasteiger partial charge on any atom is -0.870 e. The van der Waals surface area contributed by atoms with Crippen LogP contribution in [0.1, 0.15) is 205 Å². The summed E-state index contributed by atoms with van der Waals surface area (Å²) in [4.78, 5) is 53.6. The van der Waals surface area contributed by atoms with Gasteiger partial charge in [-0.25, -0.2) is 53.4 Å². The Labute approximate surface area is 791 Å². The van der Waals surface area contributed by atoms with E-state index >= 15 is 0 Å². The molecule has 0 radical (unpaired) electrons. The minimum absolute atomic E-state index is 0. The molecule has 42 heteroatoms. The van der Waals surface area contributed by atoms with E-state index in [4.69, 9.17) is 42.4 Å². The molecule has 4 aromatic heterocycles. The summed E-state index contributed by atoms with van der Waals surface area (Å²) in [7, 11) is -12.8. The maximum Gasteiger partial charge on any atom is 1.00 e. The Kier molecular flexibility index (Phi) is 46.3. The number of nitrogens with two attached hydrogens (primary N) is 2. The summed E-state index contributed by atoms with van der Waals surface area (Å²) in [5.41, 5.74) is 16.2. The number of hydrogen-bond donors (Lipinski definition) is 8. The summed E-state index contributed by atoms with van der Waals surface area (Å²) in [6.45, 7) is 11.1. The molecule has 0 aliphatic heterocycles. The largest absolute Gasteiger partial charge is 1.00 e. The van der Waals surface area contributed by atoms with Gasteiger partial charge in [0.2, 0.25) is 29.2 Å². The zero-order valence-electron chi connectivity index (χ0n) is 73.8. The van der Waals surface area contributed by atoms with Crippen LogP contribution >= 0.6 is 24.0 Å². The number of rotatable bonds is 40. The zero-order valence-corrected chi connectivity index (χ0v) is 81.5. The monoisotopic (exact) mass is 1940 g/mol. The number of nitrogens with zero attached hydrogens (tertiary/aromatic N) is 4. The molecule has 4 heterocycles. The van der Waals surface area contributed by atoms with E-state index in [9.17, 15) is 56.0 Å². The number of carbonyl (C=O) groups is 1. The van der Waals surface area contributed by atoms with E-state index in [2.05, 4.69) is 68.7 Å². The molecule has 129 heavy (non-hydrogen) atoms. The molecular weight excluding hydrogens is 1830 g/mol. The minimum atomic E-state index is -3.87. The number of ether oxygens (including phenoxy) is 1.